The third kappa shape index (κ3) is 1.36. The summed E-state index contributed by atoms with van der Waals surface area (Å²) in [5.74, 6) is 0.398. The van der Waals surface area contributed by atoms with Crippen LogP contribution in [0.3, 0.4) is 0 Å². The van der Waals surface area contributed by atoms with E-state index in [1.807, 2.05) is 0 Å². The molecule has 2 aliphatic rings. The van der Waals surface area contributed by atoms with Crippen LogP contribution in [0.1, 0.15) is 19.3 Å². The zero-order chi connectivity index (χ0) is 7.03. The predicted molar refractivity (Wildman–Crippen MR) is 45.5 cm³/mol. The van der Waals surface area contributed by atoms with E-state index in [9.17, 15) is 0 Å². The van der Waals surface area contributed by atoms with Crippen molar-refractivity contribution >= 4 is 12.4 Å². The van der Waals surface area contributed by atoms with Crippen molar-refractivity contribution in [3.63, 3.8) is 0 Å². The molecular weight excluding hydrogens is 160 g/mol. The van der Waals surface area contributed by atoms with E-state index >= 15 is 0 Å². The van der Waals surface area contributed by atoms with E-state index < -0.39 is 0 Å². The molecule has 62 valence electrons. The molecule has 0 aromatic rings. The van der Waals surface area contributed by atoms with Gasteiger partial charge in [-0.3, -0.25) is 0 Å². The predicted octanol–water partition coefficient (Wildman–Crippen LogP) is 1.32. The molecule has 1 aliphatic heterocycles. The standard InChI is InChI=1S/C8H12N2.ClH/c9-6-7-5-8(7)1-3-10-4-2-8;/h7,10H,1-5H2;1H. The van der Waals surface area contributed by atoms with Gasteiger partial charge in [-0.2, -0.15) is 5.26 Å². The number of nitriles is 1. The minimum absolute atomic E-state index is 0. The molecule has 0 bridgehead atoms. The second-order valence-electron chi connectivity index (χ2n) is 3.50. The van der Waals surface area contributed by atoms with Crippen LogP contribution in [0, 0.1) is 22.7 Å². The number of piperidine rings is 1. The smallest absolute Gasteiger partial charge is 0.0661 e. The quantitative estimate of drug-likeness (QED) is 0.599. The molecule has 1 saturated carbocycles. The van der Waals surface area contributed by atoms with Crippen LogP contribution in [-0.4, -0.2) is 13.1 Å². The van der Waals surface area contributed by atoms with Gasteiger partial charge in [0, 0.05) is 0 Å². The van der Waals surface area contributed by atoms with Crippen LogP contribution in [0.5, 0.6) is 0 Å². The highest BCUT2D eigenvalue weighted by atomic mass is 35.5. The second-order valence-corrected chi connectivity index (χ2v) is 3.50. The average molecular weight is 173 g/mol. The van der Waals surface area contributed by atoms with E-state index in [1.54, 1.807) is 0 Å². The summed E-state index contributed by atoms with van der Waals surface area (Å²) in [5.41, 5.74) is 0.472. The molecule has 0 aromatic heterocycles. The first kappa shape index (κ1) is 8.83. The van der Waals surface area contributed by atoms with Gasteiger partial charge in [-0.25, -0.2) is 0 Å². The maximum absolute atomic E-state index is 8.65. The number of nitrogens with one attached hydrogen (secondary N) is 1. The summed E-state index contributed by atoms with van der Waals surface area (Å²) in [6.07, 6.45) is 3.63. The molecule has 1 atom stereocenters. The summed E-state index contributed by atoms with van der Waals surface area (Å²) >= 11 is 0. The Hall–Kier alpha value is -0.260. The van der Waals surface area contributed by atoms with Gasteiger partial charge >= 0.3 is 0 Å². The Morgan fingerprint density at radius 3 is 2.45 bits per heavy atom. The molecule has 1 N–H and O–H groups in total. The van der Waals surface area contributed by atoms with Crippen LogP contribution in [0.15, 0.2) is 0 Å². The van der Waals surface area contributed by atoms with E-state index in [4.69, 9.17) is 5.26 Å². The van der Waals surface area contributed by atoms with E-state index in [-0.39, 0.29) is 12.4 Å². The Balaban J connectivity index is 0.000000605. The Morgan fingerprint density at radius 2 is 2.00 bits per heavy atom. The largest absolute Gasteiger partial charge is 0.317 e. The van der Waals surface area contributed by atoms with Crippen molar-refractivity contribution in [1.29, 1.82) is 5.26 Å². The Bertz CT molecular complexity index is 179. The third-order valence-electron chi connectivity index (χ3n) is 2.94. The first-order chi connectivity index (χ1) is 4.87. The van der Waals surface area contributed by atoms with Gasteiger partial charge in [0.15, 0.2) is 0 Å². The summed E-state index contributed by atoms with van der Waals surface area (Å²) in [5, 5.41) is 12.0. The molecule has 2 rings (SSSR count). The molecular formula is C8H13ClN2. The Kier molecular flexibility index (Phi) is 2.41. The lowest BCUT2D eigenvalue weighted by molar-refractivity contribution is 0.338. The fraction of sp³-hybridized carbons (Fsp3) is 0.875. The van der Waals surface area contributed by atoms with Crippen molar-refractivity contribution in [2.45, 2.75) is 19.3 Å². The molecule has 1 aliphatic carbocycles. The topological polar surface area (TPSA) is 35.8 Å². The summed E-state index contributed by atoms with van der Waals surface area (Å²) in [4.78, 5) is 0. The minimum atomic E-state index is 0. The molecule has 1 heterocycles. The van der Waals surface area contributed by atoms with Gasteiger partial charge < -0.3 is 5.32 Å². The van der Waals surface area contributed by atoms with Crippen LogP contribution in [0.4, 0.5) is 0 Å². The number of rotatable bonds is 0. The highest BCUT2D eigenvalue weighted by Gasteiger charge is 2.54. The van der Waals surface area contributed by atoms with Gasteiger partial charge in [0.2, 0.25) is 0 Å². The van der Waals surface area contributed by atoms with Crippen molar-refractivity contribution in [3.8, 4) is 6.07 Å². The minimum Gasteiger partial charge on any atom is -0.317 e. The van der Waals surface area contributed by atoms with E-state index in [0.29, 0.717) is 11.3 Å². The first-order valence-electron chi connectivity index (χ1n) is 3.98. The van der Waals surface area contributed by atoms with Crippen LogP contribution < -0.4 is 5.32 Å². The van der Waals surface area contributed by atoms with Crippen molar-refractivity contribution in [3.05, 3.63) is 0 Å². The van der Waals surface area contributed by atoms with Crippen LogP contribution >= 0.6 is 12.4 Å². The lowest BCUT2D eigenvalue weighted by atomic mass is 9.92. The third-order valence-corrected chi connectivity index (χ3v) is 2.94. The summed E-state index contributed by atoms with van der Waals surface area (Å²) in [6.45, 7) is 2.25. The molecule has 11 heavy (non-hydrogen) atoms. The van der Waals surface area contributed by atoms with Gasteiger partial charge in [0.05, 0.1) is 12.0 Å². The molecule has 1 saturated heterocycles. The SMILES string of the molecule is Cl.N#CC1CC12CCNCC2. The van der Waals surface area contributed by atoms with Gasteiger partial charge in [-0.05, 0) is 37.8 Å². The lowest BCUT2D eigenvalue weighted by Gasteiger charge is -2.21. The van der Waals surface area contributed by atoms with Gasteiger partial charge in [-0.15, -0.1) is 12.4 Å². The zero-order valence-electron chi connectivity index (χ0n) is 6.47. The summed E-state index contributed by atoms with van der Waals surface area (Å²) < 4.78 is 0. The summed E-state index contributed by atoms with van der Waals surface area (Å²) in [6, 6.07) is 2.37. The molecule has 1 spiro atoms. The summed E-state index contributed by atoms with van der Waals surface area (Å²) in [7, 11) is 0. The molecule has 1 unspecified atom stereocenters. The van der Waals surface area contributed by atoms with Crippen LogP contribution in [0.2, 0.25) is 0 Å². The molecule has 2 nitrogen and oxygen atoms in total. The lowest BCUT2D eigenvalue weighted by Crippen LogP contribution is -2.29. The number of halogens is 1. The van der Waals surface area contributed by atoms with Crippen molar-refractivity contribution in [2.24, 2.45) is 11.3 Å². The Morgan fingerprint density at radius 1 is 1.36 bits per heavy atom. The van der Waals surface area contributed by atoms with Gasteiger partial charge in [-0.1, -0.05) is 0 Å². The van der Waals surface area contributed by atoms with E-state index in [2.05, 4.69) is 11.4 Å². The molecule has 0 aromatic carbocycles. The van der Waals surface area contributed by atoms with Gasteiger partial charge in [0.25, 0.3) is 0 Å². The number of nitrogens with zero attached hydrogens (tertiary/aromatic N) is 1. The monoisotopic (exact) mass is 172 g/mol. The zero-order valence-corrected chi connectivity index (χ0v) is 7.28. The fourth-order valence-electron chi connectivity index (χ4n) is 2.01. The van der Waals surface area contributed by atoms with Crippen LogP contribution in [-0.2, 0) is 0 Å². The fourth-order valence-corrected chi connectivity index (χ4v) is 2.01. The van der Waals surface area contributed by atoms with Crippen LogP contribution in [0.25, 0.3) is 0 Å². The molecule has 0 radical (unpaired) electrons. The molecule has 3 heteroatoms. The van der Waals surface area contributed by atoms with Gasteiger partial charge in [0.1, 0.15) is 0 Å². The normalized spacial score (nSPS) is 32.1. The number of hydrogen-bond donors (Lipinski definition) is 1. The maximum atomic E-state index is 8.65. The molecule has 2 fully saturated rings. The van der Waals surface area contributed by atoms with E-state index in [1.165, 1.54) is 19.3 Å². The van der Waals surface area contributed by atoms with Crippen molar-refractivity contribution in [1.82, 2.24) is 5.32 Å². The maximum Gasteiger partial charge on any atom is 0.0661 e. The highest BCUT2D eigenvalue weighted by Crippen LogP contribution is 2.57. The van der Waals surface area contributed by atoms with E-state index in [0.717, 1.165) is 13.1 Å². The average Bonchev–Trinajstić information content (AvgIpc) is 2.65. The van der Waals surface area contributed by atoms with Crippen molar-refractivity contribution in [2.75, 3.05) is 13.1 Å². The number of hydrogen-bond acceptors (Lipinski definition) is 2. The highest BCUT2D eigenvalue weighted by molar-refractivity contribution is 5.85. The first-order valence-corrected chi connectivity index (χ1v) is 3.98. The second kappa shape index (κ2) is 3.00. The Labute approximate surface area is 73.4 Å². The molecule has 0 amide bonds. The van der Waals surface area contributed by atoms with Crippen molar-refractivity contribution < 1.29 is 0 Å².